The zero-order valence-corrected chi connectivity index (χ0v) is 19.5. The molecule has 0 aliphatic carbocycles. The first kappa shape index (κ1) is 23.4. The maximum atomic E-state index is 13.3. The van der Waals surface area contributed by atoms with Crippen molar-refractivity contribution in [3.8, 4) is 0 Å². The number of anilines is 2. The average Bonchev–Trinajstić information content (AvgIpc) is 2.94. The summed E-state index contributed by atoms with van der Waals surface area (Å²) in [5, 5.41) is 2.73. The number of piperidine rings is 1. The minimum absolute atomic E-state index is 0.189. The first-order valence-electron chi connectivity index (χ1n) is 11.2. The van der Waals surface area contributed by atoms with Crippen molar-refractivity contribution in [2.24, 2.45) is 0 Å². The van der Waals surface area contributed by atoms with Crippen LogP contribution in [0.25, 0.3) is 0 Å². The van der Waals surface area contributed by atoms with E-state index in [-0.39, 0.29) is 23.8 Å². The molecule has 2 aromatic carbocycles. The topological polar surface area (TPSA) is 86.8 Å². The van der Waals surface area contributed by atoms with Crippen LogP contribution in [-0.2, 0) is 26.0 Å². The lowest BCUT2D eigenvalue weighted by molar-refractivity contribution is -0.121. The van der Waals surface area contributed by atoms with E-state index in [4.69, 9.17) is 0 Å². The number of fused-ring (bicyclic) bond motifs is 1. The zero-order valence-electron chi connectivity index (χ0n) is 18.6. The van der Waals surface area contributed by atoms with Gasteiger partial charge < -0.3 is 10.2 Å². The molecule has 0 radical (unpaired) electrons. The van der Waals surface area contributed by atoms with Gasteiger partial charge in [0, 0.05) is 30.9 Å². The number of nitrogens with zero attached hydrogens (tertiary/aromatic N) is 2. The van der Waals surface area contributed by atoms with Gasteiger partial charge in [-0.2, -0.15) is 4.31 Å². The Morgan fingerprint density at radius 1 is 1.03 bits per heavy atom. The summed E-state index contributed by atoms with van der Waals surface area (Å²) in [6, 6.07) is 8.87. The fraction of sp³-hybridized carbons (Fsp3) is 0.417. The van der Waals surface area contributed by atoms with E-state index < -0.39 is 21.7 Å². The van der Waals surface area contributed by atoms with E-state index in [2.05, 4.69) is 5.32 Å². The number of hydrogen-bond donors (Lipinski definition) is 1. The van der Waals surface area contributed by atoms with Crippen molar-refractivity contribution < 1.29 is 22.4 Å². The Morgan fingerprint density at radius 2 is 1.79 bits per heavy atom. The second kappa shape index (κ2) is 9.61. The normalized spacial score (nSPS) is 17.4. The molecule has 2 aromatic rings. The quantitative estimate of drug-likeness (QED) is 0.719. The van der Waals surface area contributed by atoms with Crippen LogP contribution in [0.4, 0.5) is 15.8 Å². The van der Waals surface area contributed by atoms with E-state index in [1.165, 1.54) is 33.5 Å². The van der Waals surface area contributed by atoms with Crippen LogP contribution in [0.15, 0.2) is 41.3 Å². The van der Waals surface area contributed by atoms with Gasteiger partial charge >= 0.3 is 0 Å². The summed E-state index contributed by atoms with van der Waals surface area (Å²) in [7, 11) is -3.59. The molecule has 2 heterocycles. The number of aryl methyl sites for hydroxylation is 2. The van der Waals surface area contributed by atoms with E-state index in [1.807, 2.05) is 0 Å². The molecule has 33 heavy (non-hydrogen) atoms. The number of carbonyl (C=O) groups excluding carboxylic acids is 2. The minimum atomic E-state index is -3.59. The third-order valence-electron chi connectivity index (χ3n) is 6.20. The molecule has 0 unspecified atom stereocenters. The van der Waals surface area contributed by atoms with Crippen molar-refractivity contribution in [1.29, 1.82) is 0 Å². The summed E-state index contributed by atoms with van der Waals surface area (Å²) in [5.41, 5.74) is 2.36. The molecule has 9 heteroatoms. The summed E-state index contributed by atoms with van der Waals surface area (Å²) in [5.74, 6) is -0.986. The van der Waals surface area contributed by atoms with Crippen LogP contribution in [0.5, 0.6) is 0 Å². The van der Waals surface area contributed by atoms with Crippen LogP contribution in [0.2, 0.25) is 0 Å². The Hall–Kier alpha value is -2.78. The fourth-order valence-electron chi connectivity index (χ4n) is 4.41. The Bertz CT molecular complexity index is 1180. The molecule has 1 saturated heterocycles. The van der Waals surface area contributed by atoms with E-state index >= 15 is 0 Å². The summed E-state index contributed by atoms with van der Waals surface area (Å²) < 4.78 is 41.1. The molecule has 176 valence electrons. The molecule has 0 bridgehead atoms. The predicted octanol–water partition coefficient (Wildman–Crippen LogP) is 3.62. The van der Waals surface area contributed by atoms with Crippen molar-refractivity contribution in [3.05, 3.63) is 53.3 Å². The van der Waals surface area contributed by atoms with Crippen LogP contribution >= 0.6 is 0 Å². The van der Waals surface area contributed by atoms with Crippen LogP contribution in [0.1, 0.15) is 43.2 Å². The number of sulfonamides is 1. The SMILES string of the molecule is Cc1cc(F)ccc1NC(=O)CN1C(=O)CCCc2cc(S(=O)(=O)N3CCCCC3)ccc21. The molecule has 0 aromatic heterocycles. The van der Waals surface area contributed by atoms with Gasteiger partial charge in [-0.1, -0.05) is 6.42 Å². The molecular weight excluding hydrogens is 445 g/mol. The summed E-state index contributed by atoms with van der Waals surface area (Å²) in [6.45, 7) is 2.52. The molecule has 0 saturated carbocycles. The summed E-state index contributed by atoms with van der Waals surface area (Å²) >= 11 is 0. The highest BCUT2D eigenvalue weighted by molar-refractivity contribution is 7.89. The number of nitrogens with one attached hydrogen (secondary N) is 1. The minimum Gasteiger partial charge on any atom is -0.324 e. The highest BCUT2D eigenvalue weighted by Crippen LogP contribution is 2.31. The number of benzene rings is 2. The Morgan fingerprint density at radius 3 is 2.52 bits per heavy atom. The molecular formula is C24H28FN3O4S. The van der Waals surface area contributed by atoms with Gasteiger partial charge in [-0.05, 0) is 80.1 Å². The van der Waals surface area contributed by atoms with Crippen molar-refractivity contribution >= 4 is 33.2 Å². The predicted molar refractivity (Wildman–Crippen MR) is 124 cm³/mol. The largest absolute Gasteiger partial charge is 0.324 e. The summed E-state index contributed by atoms with van der Waals surface area (Å²) in [6.07, 6.45) is 4.15. The van der Waals surface area contributed by atoms with Gasteiger partial charge in [0.05, 0.1) is 4.90 Å². The maximum absolute atomic E-state index is 13.3. The molecule has 1 N–H and O–H groups in total. The van der Waals surface area contributed by atoms with Gasteiger partial charge in [-0.3, -0.25) is 9.59 Å². The molecule has 4 rings (SSSR count). The van der Waals surface area contributed by atoms with Crippen molar-refractivity contribution in [1.82, 2.24) is 4.31 Å². The van der Waals surface area contributed by atoms with Crippen LogP contribution in [0.3, 0.4) is 0 Å². The standard InChI is InChI=1S/C24H28FN3O4S/c1-17-14-19(25)8-10-21(17)26-23(29)16-28-22-11-9-20(15-18(22)6-5-7-24(28)30)33(31,32)27-12-3-2-4-13-27/h8-11,14-15H,2-7,12-13,16H2,1H3,(H,26,29). The van der Waals surface area contributed by atoms with Gasteiger partial charge in [0.2, 0.25) is 21.8 Å². The molecule has 2 amide bonds. The van der Waals surface area contributed by atoms with Crippen molar-refractivity contribution in [3.63, 3.8) is 0 Å². The van der Waals surface area contributed by atoms with E-state index in [0.717, 1.165) is 24.8 Å². The van der Waals surface area contributed by atoms with Crippen LogP contribution < -0.4 is 10.2 Å². The molecule has 2 aliphatic rings. The Balaban J connectivity index is 1.57. The van der Waals surface area contributed by atoms with Crippen molar-refractivity contribution in [2.75, 3.05) is 29.9 Å². The number of amides is 2. The molecule has 0 spiro atoms. The van der Waals surface area contributed by atoms with Gasteiger partial charge in [0.1, 0.15) is 12.4 Å². The second-order valence-electron chi connectivity index (χ2n) is 8.60. The number of rotatable bonds is 5. The average molecular weight is 474 g/mol. The Labute approximate surface area is 193 Å². The first-order chi connectivity index (χ1) is 15.8. The molecule has 7 nitrogen and oxygen atoms in total. The zero-order chi connectivity index (χ0) is 23.6. The Kier molecular flexibility index (Phi) is 6.81. The van der Waals surface area contributed by atoms with E-state index in [9.17, 15) is 22.4 Å². The van der Waals surface area contributed by atoms with Gasteiger partial charge in [-0.15, -0.1) is 0 Å². The third kappa shape index (κ3) is 5.09. The van der Waals surface area contributed by atoms with Gasteiger partial charge in [0.15, 0.2) is 0 Å². The number of carbonyl (C=O) groups is 2. The van der Waals surface area contributed by atoms with Crippen LogP contribution in [0, 0.1) is 12.7 Å². The summed E-state index contributed by atoms with van der Waals surface area (Å²) in [4.78, 5) is 27.1. The second-order valence-corrected chi connectivity index (χ2v) is 10.5. The smallest absolute Gasteiger partial charge is 0.244 e. The molecule has 1 fully saturated rings. The lowest BCUT2D eigenvalue weighted by Crippen LogP contribution is -2.38. The van der Waals surface area contributed by atoms with E-state index in [1.54, 1.807) is 19.1 Å². The third-order valence-corrected chi connectivity index (χ3v) is 8.09. The van der Waals surface area contributed by atoms with E-state index in [0.29, 0.717) is 42.9 Å². The lowest BCUT2D eigenvalue weighted by atomic mass is 10.1. The maximum Gasteiger partial charge on any atom is 0.244 e. The van der Waals surface area contributed by atoms with Crippen LogP contribution in [-0.4, -0.2) is 44.2 Å². The highest BCUT2D eigenvalue weighted by atomic mass is 32.2. The van der Waals surface area contributed by atoms with Crippen molar-refractivity contribution in [2.45, 2.75) is 50.3 Å². The molecule has 2 aliphatic heterocycles. The lowest BCUT2D eigenvalue weighted by Gasteiger charge is -2.27. The highest BCUT2D eigenvalue weighted by Gasteiger charge is 2.29. The first-order valence-corrected chi connectivity index (χ1v) is 12.7. The van der Waals surface area contributed by atoms with Gasteiger partial charge in [-0.25, -0.2) is 12.8 Å². The number of halogens is 1. The number of hydrogen-bond acceptors (Lipinski definition) is 4. The van der Waals surface area contributed by atoms with Gasteiger partial charge in [0.25, 0.3) is 0 Å². The molecule has 0 atom stereocenters. The monoisotopic (exact) mass is 473 g/mol. The fourth-order valence-corrected chi connectivity index (χ4v) is 5.98.